The van der Waals surface area contributed by atoms with Crippen molar-refractivity contribution in [3.05, 3.63) is 23.0 Å². The molecule has 0 bridgehead atoms. The Bertz CT molecular complexity index is 491. The molecular formula is C13H17ClN2O3. The molecule has 2 rings (SSSR count). The van der Waals surface area contributed by atoms with Gasteiger partial charge in [0, 0.05) is 11.8 Å². The predicted octanol–water partition coefficient (Wildman–Crippen LogP) is 1.87. The highest BCUT2D eigenvalue weighted by Gasteiger charge is 2.52. The molecule has 1 aromatic heterocycles. The van der Waals surface area contributed by atoms with Crippen LogP contribution in [0.1, 0.15) is 25.3 Å². The highest BCUT2D eigenvalue weighted by Crippen LogP contribution is 2.48. The first-order valence-electron chi connectivity index (χ1n) is 6.20. The van der Waals surface area contributed by atoms with E-state index in [1.165, 1.54) is 13.3 Å². The summed E-state index contributed by atoms with van der Waals surface area (Å²) in [5.41, 5.74) is 5.68. The van der Waals surface area contributed by atoms with Crippen molar-refractivity contribution in [1.82, 2.24) is 4.98 Å². The van der Waals surface area contributed by atoms with Crippen LogP contribution in [0.3, 0.4) is 0 Å². The lowest BCUT2D eigenvalue weighted by Gasteiger charge is -2.29. The van der Waals surface area contributed by atoms with Crippen molar-refractivity contribution in [3.8, 4) is 5.75 Å². The first-order chi connectivity index (χ1) is 9.05. The topological polar surface area (TPSA) is 74.4 Å². The van der Waals surface area contributed by atoms with Gasteiger partial charge in [-0.15, -0.1) is 0 Å². The molecule has 0 aromatic carbocycles. The van der Waals surface area contributed by atoms with Crippen LogP contribution in [0.25, 0.3) is 0 Å². The van der Waals surface area contributed by atoms with E-state index in [1.54, 1.807) is 13.0 Å². The van der Waals surface area contributed by atoms with Gasteiger partial charge in [-0.1, -0.05) is 11.6 Å². The Kier molecular flexibility index (Phi) is 3.96. The minimum atomic E-state index is -1.21. The van der Waals surface area contributed by atoms with Crippen LogP contribution in [0.4, 0.5) is 0 Å². The van der Waals surface area contributed by atoms with Crippen molar-refractivity contribution in [1.29, 1.82) is 0 Å². The number of methoxy groups -OCH3 is 1. The van der Waals surface area contributed by atoms with Crippen LogP contribution in [-0.4, -0.2) is 24.7 Å². The van der Waals surface area contributed by atoms with E-state index in [0.717, 1.165) is 12.8 Å². The third-order valence-electron chi connectivity index (χ3n) is 3.35. The highest BCUT2D eigenvalue weighted by atomic mass is 35.5. The number of carbonyl (C=O) groups excluding carboxylic acids is 1. The maximum Gasteiger partial charge on any atom is 0.331 e. The van der Waals surface area contributed by atoms with Crippen molar-refractivity contribution < 1.29 is 14.3 Å². The number of aromatic nitrogens is 1. The summed E-state index contributed by atoms with van der Waals surface area (Å²) < 4.78 is 10.4. The second-order valence-electron chi connectivity index (χ2n) is 4.55. The lowest BCUT2D eigenvalue weighted by Crippen LogP contribution is -2.48. The molecule has 1 aliphatic rings. The summed E-state index contributed by atoms with van der Waals surface area (Å²) in [4.78, 5) is 16.2. The summed E-state index contributed by atoms with van der Waals surface area (Å²) in [6, 6.07) is 1.67. The van der Waals surface area contributed by atoms with E-state index in [4.69, 9.17) is 26.8 Å². The summed E-state index contributed by atoms with van der Waals surface area (Å²) >= 11 is 6.00. The number of rotatable bonds is 5. The van der Waals surface area contributed by atoms with E-state index >= 15 is 0 Å². The molecule has 0 radical (unpaired) electrons. The van der Waals surface area contributed by atoms with Gasteiger partial charge in [-0.05, 0) is 31.7 Å². The van der Waals surface area contributed by atoms with Gasteiger partial charge < -0.3 is 15.2 Å². The SMILES string of the molecule is CCOC(=O)C(N)(c1ccnc(Cl)c1OC)C1CC1. The second-order valence-corrected chi connectivity index (χ2v) is 4.90. The van der Waals surface area contributed by atoms with Gasteiger partial charge in [0.25, 0.3) is 0 Å². The minimum absolute atomic E-state index is 0.0546. The van der Waals surface area contributed by atoms with Crippen LogP contribution in [-0.2, 0) is 15.1 Å². The molecule has 0 saturated heterocycles. The molecule has 19 heavy (non-hydrogen) atoms. The lowest BCUT2D eigenvalue weighted by molar-refractivity contribution is -0.151. The molecule has 0 amide bonds. The maximum absolute atomic E-state index is 12.3. The summed E-state index contributed by atoms with van der Waals surface area (Å²) in [5, 5.41) is 0.194. The Balaban J connectivity index is 2.50. The Hall–Kier alpha value is -1.33. The first-order valence-corrected chi connectivity index (χ1v) is 6.58. The zero-order valence-corrected chi connectivity index (χ0v) is 11.7. The average Bonchev–Trinajstić information content (AvgIpc) is 3.22. The number of ether oxygens (including phenoxy) is 2. The number of esters is 1. The van der Waals surface area contributed by atoms with Crippen molar-refractivity contribution in [2.45, 2.75) is 25.3 Å². The number of hydrogen-bond donors (Lipinski definition) is 1. The Morgan fingerprint density at radius 1 is 1.63 bits per heavy atom. The molecular weight excluding hydrogens is 268 g/mol. The normalized spacial score (nSPS) is 17.7. The zero-order chi connectivity index (χ0) is 14.0. The van der Waals surface area contributed by atoms with E-state index in [0.29, 0.717) is 11.3 Å². The number of hydrogen-bond acceptors (Lipinski definition) is 5. The van der Waals surface area contributed by atoms with Gasteiger partial charge in [0.1, 0.15) is 5.54 Å². The van der Waals surface area contributed by atoms with E-state index in [-0.39, 0.29) is 17.7 Å². The van der Waals surface area contributed by atoms with E-state index in [1.807, 2.05) is 0 Å². The summed E-state index contributed by atoms with van der Waals surface area (Å²) in [5.74, 6) is -0.0522. The minimum Gasteiger partial charge on any atom is -0.493 e. The van der Waals surface area contributed by atoms with Crippen molar-refractivity contribution in [2.24, 2.45) is 11.7 Å². The van der Waals surface area contributed by atoms with E-state index in [2.05, 4.69) is 4.98 Å². The number of carbonyl (C=O) groups is 1. The molecule has 104 valence electrons. The van der Waals surface area contributed by atoms with Gasteiger partial charge in [0.05, 0.1) is 13.7 Å². The van der Waals surface area contributed by atoms with Gasteiger partial charge in [0.2, 0.25) is 0 Å². The zero-order valence-electron chi connectivity index (χ0n) is 11.0. The Morgan fingerprint density at radius 2 is 2.32 bits per heavy atom. The molecule has 6 heteroatoms. The molecule has 1 unspecified atom stereocenters. The third-order valence-corrected chi connectivity index (χ3v) is 3.61. The Morgan fingerprint density at radius 3 is 2.84 bits per heavy atom. The fourth-order valence-electron chi connectivity index (χ4n) is 2.23. The van der Waals surface area contributed by atoms with Crippen LogP contribution in [0.5, 0.6) is 5.75 Å². The lowest BCUT2D eigenvalue weighted by atomic mass is 9.86. The standard InChI is InChI=1S/C13H17ClN2O3/c1-3-19-12(17)13(15,8-4-5-8)9-6-7-16-11(14)10(9)18-2/h6-8H,3-5,15H2,1-2H3. The van der Waals surface area contributed by atoms with Gasteiger partial charge >= 0.3 is 5.97 Å². The van der Waals surface area contributed by atoms with Crippen molar-refractivity contribution in [3.63, 3.8) is 0 Å². The molecule has 1 atom stereocenters. The summed E-state index contributed by atoms with van der Waals surface area (Å²) in [6.45, 7) is 2.04. The number of nitrogens with two attached hydrogens (primary N) is 1. The molecule has 1 saturated carbocycles. The fourth-order valence-corrected chi connectivity index (χ4v) is 2.46. The molecule has 1 aromatic rings. The first kappa shape index (κ1) is 14.1. The smallest absolute Gasteiger partial charge is 0.331 e. The average molecular weight is 285 g/mol. The van der Waals surface area contributed by atoms with E-state index < -0.39 is 11.5 Å². The second kappa shape index (κ2) is 5.35. The van der Waals surface area contributed by atoms with Crippen molar-refractivity contribution in [2.75, 3.05) is 13.7 Å². The molecule has 0 aliphatic heterocycles. The molecule has 5 nitrogen and oxygen atoms in total. The largest absolute Gasteiger partial charge is 0.493 e. The summed E-state index contributed by atoms with van der Waals surface area (Å²) in [7, 11) is 1.48. The number of pyridine rings is 1. The third kappa shape index (κ3) is 2.40. The fraction of sp³-hybridized carbons (Fsp3) is 0.538. The molecule has 1 aliphatic carbocycles. The van der Waals surface area contributed by atoms with E-state index in [9.17, 15) is 4.79 Å². The van der Waals surface area contributed by atoms with Crippen LogP contribution in [0, 0.1) is 5.92 Å². The van der Waals surface area contributed by atoms with Gasteiger partial charge in [-0.2, -0.15) is 0 Å². The molecule has 0 spiro atoms. The van der Waals surface area contributed by atoms with Crippen LogP contribution in [0.15, 0.2) is 12.3 Å². The number of nitrogens with zero attached hydrogens (tertiary/aromatic N) is 1. The molecule has 2 N–H and O–H groups in total. The van der Waals surface area contributed by atoms with Crippen molar-refractivity contribution >= 4 is 17.6 Å². The highest BCUT2D eigenvalue weighted by molar-refractivity contribution is 6.31. The predicted molar refractivity (Wildman–Crippen MR) is 71.0 cm³/mol. The van der Waals surface area contributed by atoms with Gasteiger partial charge in [-0.25, -0.2) is 9.78 Å². The van der Waals surface area contributed by atoms with Crippen LogP contribution in [0.2, 0.25) is 5.15 Å². The van der Waals surface area contributed by atoms with Crippen LogP contribution < -0.4 is 10.5 Å². The summed E-state index contributed by atoms with van der Waals surface area (Å²) in [6.07, 6.45) is 3.29. The number of halogens is 1. The van der Waals surface area contributed by atoms with Gasteiger partial charge in [0.15, 0.2) is 10.9 Å². The maximum atomic E-state index is 12.3. The van der Waals surface area contributed by atoms with Gasteiger partial charge in [-0.3, -0.25) is 0 Å². The quantitative estimate of drug-likeness (QED) is 0.660. The van der Waals surface area contributed by atoms with Crippen LogP contribution >= 0.6 is 11.6 Å². The monoisotopic (exact) mass is 284 g/mol. The molecule has 1 heterocycles. The molecule has 1 fully saturated rings. The Labute approximate surface area is 117 Å².